The number of carboxylic acids is 1. The van der Waals surface area contributed by atoms with Crippen LogP contribution in [0.15, 0.2) is 66.2 Å². The summed E-state index contributed by atoms with van der Waals surface area (Å²) in [6.07, 6.45) is 4.38. The predicted octanol–water partition coefficient (Wildman–Crippen LogP) is 6.29. The van der Waals surface area contributed by atoms with Crippen LogP contribution in [0.2, 0.25) is 0 Å². The Morgan fingerprint density at radius 3 is 2.57 bits per heavy atom. The van der Waals surface area contributed by atoms with Gasteiger partial charge in [-0.1, -0.05) is 31.5 Å². The van der Waals surface area contributed by atoms with Gasteiger partial charge in [-0.15, -0.1) is 0 Å². The molecule has 0 atom stereocenters. The quantitative estimate of drug-likeness (QED) is 0.327. The van der Waals surface area contributed by atoms with Gasteiger partial charge < -0.3 is 29.0 Å². The van der Waals surface area contributed by atoms with Crippen molar-refractivity contribution in [1.29, 1.82) is 0 Å². The second kappa shape index (κ2) is 11.4. The summed E-state index contributed by atoms with van der Waals surface area (Å²) in [7, 11) is 0. The smallest absolute Gasteiger partial charge is 0.331 e. The monoisotopic (exact) mass is 501 g/mol. The summed E-state index contributed by atoms with van der Waals surface area (Å²) in [5.41, 5.74) is 5.14. The molecule has 0 fully saturated rings. The summed E-state index contributed by atoms with van der Waals surface area (Å²) in [5, 5.41) is 9.77. The zero-order valence-corrected chi connectivity index (χ0v) is 20.9. The molecule has 192 valence electrons. The molecule has 3 aromatic rings. The lowest BCUT2D eigenvalue weighted by atomic mass is 10.00. The number of hydrogen-bond donors (Lipinski definition) is 1. The molecule has 0 spiro atoms. The minimum absolute atomic E-state index is 0.208. The lowest BCUT2D eigenvalue weighted by Gasteiger charge is -2.26. The Balaban J connectivity index is 1.37. The number of aliphatic carboxylic acids is 1. The molecular weight excluding hydrogens is 470 g/mol. The number of benzene rings is 3. The summed E-state index contributed by atoms with van der Waals surface area (Å²) >= 11 is 0. The molecule has 0 saturated heterocycles. The summed E-state index contributed by atoms with van der Waals surface area (Å²) < 4.78 is 22.4. The Labute approximate surface area is 216 Å². The van der Waals surface area contributed by atoms with Gasteiger partial charge in [-0.25, -0.2) is 4.79 Å². The third kappa shape index (κ3) is 5.73. The van der Waals surface area contributed by atoms with Crippen LogP contribution < -0.4 is 19.1 Å². The van der Waals surface area contributed by atoms with Gasteiger partial charge >= 0.3 is 5.97 Å². The van der Waals surface area contributed by atoms with Gasteiger partial charge in [0, 0.05) is 36.2 Å². The molecule has 0 bridgehead atoms. The van der Waals surface area contributed by atoms with Gasteiger partial charge in [-0.2, -0.15) is 0 Å². The number of hydrogen-bond acceptors (Lipinski definition) is 6. The van der Waals surface area contributed by atoms with E-state index in [-0.39, 0.29) is 6.79 Å². The summed E-state index contributed by atoms with van der Waals surface area (Å²) in [4.78, 5) is 14.1. The van der Waals surface area contributed by atoms with Crippen LogP contribution in [0.4, 0.5) is 11.4 Å². The highest BCUT2D eigenvalue weighted by molar-refractivity contribution is 5.95. The Morgan fingerprint density at radius 2 is 1.76 bits per heavy atom. The van der Waals surface area contributed by atoms with E-state index in [1.165, 1.54) is 0 Å². The first-order valence-corrected chi connectivity index (χ1v) is 12.7. The molecule has 0 unspecified atom stereocenters. The van der Waals surface area contributed by atoms with Crippen LogP contribution in [0, 0.1) is 0 Å². The number of ether oxygens (including phenoxy) is 4. The number of carbonyl (C=O) groups is 1. The van der Waals surface area contributed by atoms with Crippen LogP contribution in [-0.4, -0.2) is 44.2 Å². The molecule has 0 saturated carbocycles. The highest BCUT2D eigenvalue weighted by Crippen LogP contribution is 2.41. The first-order chi connectivity index (χ1) is 18.1. The van der Waals surface area contributed by atoms with Crippen LogP contribution in [0.3, 0.4) is 0 Å². The highest BCUT2D eigenvalue weighted by Gasteiger charge is 2.23. The number of fused-ring (bicyclic) bond motifs is 2. The van der Waals surface area contributed by atoms with E-state index in [1.54, 1.807) is 6.08 Å². The van der Waals surface area contributed by atoms with Crippen molar-refractivity contribution in [3.8, 4) is 28.4 Å². The largest absolute Gasteiger partial charge is 0.491 e. The molecule has 2 aliphatic rings. The Morgan fingerprint density at radius 1 is 0.946 bits per heavy atom. The van der Waals surface area contributed by atoms with Gasteiger partial charge in [0.2, 0.25) is 6.79 Å². The van der Waals surface area contributed by atoms with Gasteiger partial charge in [0.1, 0.15) is 12.4 Å². The molecule has 5 rings (SSSR count). The fourth-order valence-corrected chi connectivity index (χ4v) is 4.51. The molecule has 0 amide bonds. The summed E-state index contributed by atoms with van der Waals surface area (Å²) in [6.45, 7) is 4.74. The normalized spacial score (nSPS) is 14.1. The maximum Gasteiger partial charge on any atom is 0.331 e. The molecule has 2 aliphatic heterocycles. The van der Waals surface area contributed by atoms with E-state index >= 15 is 0 Å². The number of carboxylic acid groups (broad SMARTS) is 1. The zero-order chi connectivity index (χ0) is 25.6. The molecule has 7 heteroatoms. The maximum atomic E-state index is 11.9. The number of unbranched alkanes of at least 4 members (excludes halogenated alkanes) is 1. The standard InChI is InChI=1S/C30H31NO6/c1-2-3-14-34-15-16-35-26-8-4-21(5-9-26)22-6-10-27-24(17-22)18-23(30(32)33)12-13-31(27)25-7-11-28-29(19-25)37-20-36-28/h4-11,17-19H,2-3,12-16,20H2,1H3,(H,32,33). The number of rotatable bonds is 10. The first kappa shape index (κ1) is 24.7. The molecule has 0 aromatic heterocycles. The van der Waals surface area contributed by atoms with Crippen LogP contribution in [0.25, 0.3) is 17.2 Å². The fraction of sp³-hybridized carbons (Fsp3) is 0.300. The summed E-state index contributed by atoms with van der Waals surface area (Å²) in [6, 6.07) is 19.9. The number of anilines is 2. The van der Waals surface area contributed by atoms with Crippen molar-refractivity contribution in [2.45, 2.75) is 26.2 Å². The lowest BCUT2D eigenvalue weighted by molar-refractivity contribution is -0.132. The fourth-order valence-electron chi connectivity index (χ4n) is 4.51. The summed E-state index contributed by atoms with van der Waals surface area (Å²) in [5.74, 6) is 1.31. The van der Waals surface area contributed by atoms with E-state index in [2.05, 4.69) is 24.0 Å². The molecule has 0 radical (unpaired) electrons. The predicted molar refractivity (Wildman–Crippen MR) is 143 cm³/mol. The van der Waals surface area contributed by atoms with Crippen LogP contribution >= 0.6 is 0 Å². The highest BCUT2D eigenvalue weighted by atomic mass is 16.7. The molecule has 2 heterocycles. The Bertz CT molecular complexity index is 1280. The SMILES string of the molecule is CCCCOCCOc1ccc(-c2ccc3c(c2)C=C(C(=O)O)CCN3c2ccc3c(c2)OCO3)cc1. The van der Waals surface area contributed by atoms with E-state index in [0.717, 1.165) is 59.0 Å². The third-order valence-electron chi connectivity index (χ3n) is 6.52. The lowest BCUT2D eigenvalue weighted by Crippen LogP contribution is -2.19. The Kier molecular flexibility index (Phi) is 7.61. The molecule has 0 aliphatic carbocycles. The molecule has 1 N–H and O–H groups in total. The van der Waals surface area contributed by atoms with Crippen molar-refractivity contribution in [3.05, 3.63) is 71.8 Å². The second-order valence-corrected chi connectivity index (χ2v) is 9.03. The van der Waals surface area contributed by atoms with E-state index < -0.39 is 5.97 Å². The molecule has 3 aromatic carbocycles. The van der Waals surface area contributed by atoms with Gasteiger partial charge in [0.05, 0.1) is 6.61 Å². The number of nitrogens with zero attached hydrogens (tertiary/aromatic N) is 1. The molecular formula is C30H31NO6. The van der Waals surface area contributed by atoms with Crippen molar-refractivity contribution < 1.29 is 28.8 Å². The van der Waals surface area contributed by atoms with Crippen LogP contribution in [0.1, 0.15) is 31.7 Å². The average Bonchev–Trinajstić information content (AvgIpc) is 3.30. The van der Waals surface area contributed by atoms with Crippen molar-refractivity contribution in [1.82, 2.24) is 0 Å². The maximum absolute atomic E-state index is 11.9. The van der Waals surface area contributed by atoms with Crippen LogP contribution in [-0.2, 0) is 9.53 Å². The van der Waals surface area contributed by atoms with Gasteiger partial charge in [-0.05, 0) is 72.0 Å². The van der Waals surface area contributed by atoms with Crippen molar-refractivity contribution in [2.24, 2.45) is 0 Å². The van der Waals surface area contributed by atoms with E-state index in [4.69, 9.17) is 18.9 Å². The van der Waals surface area contributed by atoms with E-state index in [9.17, 15) is 9.90 Å². The Hall–Kier alpha value is -3.97. The minimum atomic E-state index is -0.899. The molecule has 37 heavy (non-hydrogen) atoms. The zero-order valence-electron chi connectivity index (χ0n) is 20.9. The van der Waals surface area contributed by atoms with Crippen molar-refractivity contribution in [3.63, 3.8) is 0 Å². The van der Waals surface area contributed by atoms with Gasteiger partial charge in [0.15, 0.2) is 11.5 Å². The topological polar surface area (TPSA) is 77.5 Å². The second-order valence-electron chi connectivity index (χ2n) is 9.03. The van der Waals surface area contributed by atoms with E-state index in [0.29, 0.717) is 37.5 Å². The van der Waals surface area contributed by atoms with Gasteiger partial charge in [-0.3, -0.25) is 0 Å². The average molecular weight is 502 g/mol. The molecule has 7 nitrogen and oxygen atoms in total. The van der Waals surface area contributed by atoms with E-state index in [1.807, 2.05) is 48.5 Å². The minimum Gasteiger partial charge on any atom is -0.491 e. The first-order valence-electron chi connectivity index (χ1n) is 12.7. The van der Waals surface area contributed by atoms with Gasteiger partial charge in [0.25, 0.3) is 0 Å². The third-order valence-corrected chi connectivity index (χ3v) is 6.52. The van der Waals surface area contributed by atoms with Crippen molar-refractivity contribution in [2.75, 3.05) is 38.1 Å². The van der Waals surface area contributed by atoms with Crippen LogP contribution in [0.5, 0.6) is 17.2 Å². The van der Waals surface area contributed by atoms with Crippen molar-refractivity contribution >= 4 is 23.4 Å².